The van der Waals surface area contributed by atoms with Crippen LogP contribution >= 0.6 is 11.8 Å². The summed E-state index contributed by atoms with van der Waals surface area (Å²) in [5, 5.41) is 22.4. The maximum atomic E-state index is 9.40. The number of aliphatic hydroxyl groups excluding tert-OH is 1. The van der Waals surface area contributed by atoms with Crippen molar-refractivity contribution in [2.45, 2.75) is 18.4 Å². The normalized spacial score (nSPS) is 25.1. The molecule has 2 rings (SSSR count). The minimum absolute atomic E-state index is 0.0739. The minimum atomic E-state index is -0.644. The molecule has 1 aromatic carbocycles. The molecule has 0 saturated heterocycles. The standard InChI is InChI=1S/C10H12N2O2S/c1-6-9(14)12-10(15-6)11-7-3-2-4-8(13)5-7/h2-6,9,13-14H,1H3,(H,11,12). The number of hydrogen-bond acceptors (Lipinski definition) is 5. The summed E-state index contributed by atoms with van der Waals surface area (Å²) in [6.45, 7) is 1.91. The molecule has 0 fully saturated rings. The molecule has 15 heavy (non-hydrogen) atoms. The highest BCUT2D eigenvalue weighted by Crippen LogP contribution is 2.26. The molecule has 2 atom stereocenters. The largest absolute Gasteiger partial charge is 0.508 e. The molecule has 1 aromatic rings. The van der Waals surface area contributed by atoms with Crippen molar-refractivity contribution in [1.82, 2.24) is 0 Å². The van der Waals surface area contributed by atoms with E-state index in [2.05, 4.69) is 10.3 Å². The van der Waals surface area contributed by atoms with Gasteiger partial charge in [-0.1, -0.05) is 17.8 Å². The second-order valence-corrected chi connectivity index (χ2v) is 4.71. The van der Waals surface area contributed by atoms with Crippen LogP contribution in [0.3, 0.4) is 0 Å². The fourth-order valence-electron chi connectivity index (χ4n) is 1.26. The van der Waals surface area contributed by atoms with Gasteiger partial charge in [0.25, 0.3) is 0 Å². The lowest BCUT2D eigenvalue weighted by Gasteiger charge is -2.05. The van der Waals surface area contributed by atoms with E-state index in [1.165, 1.54) is 11.8 Å². The van der Waals surface area contributed by atoms with Gasteiger partial charge in [0.05, 0.1) is 5.25 Å². The molecule has 1 aliphatic rings. The van der Waals surface area contributed by atoms with E-state index < -0.39 is 6.23 Å². The fourth-order valence-corrected chi connectivity index (χ4v) is 2.14. The molecule has 0 radical (unpaired) electrons. The summed E-state index contributed by atoms with van der Waals surface area (Å²) in [5.74, 6) is 0.206. The predicted octanol–water partition coefficient (Wildman–Crippen LogP) is 1.61. The number of benzene rings is 1. The van der Waals surface area contributed by atoms with E-state index >= 15 is 0 Å². The summed E-state index contributed by atoms with van der Waals surface area (Å²) < 4.78 is 0. The summed E-state index contributed by atoms with van der Waals surface area (Å²) in [5.41, 5.74) is 0.766. The Hall–Kier alpha value is -1.20. The van der Waals surface area contributed by atoms with Crippen molar-refractivity contribution in [3.05, 3.63) is 24.3 Å². The number of nitrogens with zero attached hydrogens (tertiary/aromatic N) is 1. The third kappa shape index (κ3) is 2.43. The van der Waals surface area contributed by atoms with Gasteiger partial charge in [-0.05, 0) is 19.1 Å². The Morgan fingerprint density at radius 2 is 2.27 bits per heavy atom. The number of rotatable bonds is 1. The number of aliphatic hydroxyl groups is 1. The zero-order valence-electron chi connectivity index (χ0n) is 8.21. The number of nitrogens with one attached hydrogen (secondary N) is 1. The molecule has 5 heteroatoms. The second kappa shape index (κ2) is 4.12. The van der Waals surface area contributed by atoms with E-state index in [-0.39, 0.29) is 11.0 Å². The molecule has 0 aliphatic carbocycles. The van der Waals surface area contributed by atoms with Gasteiger partial charge in [0.2, 0.25) is 0 Å². The van der Waals surface area contributed by atoms with Gasteiger partial charge >= 0.3 is 0 Å². The molecule has 1 aliphatic heterocycles. The molecule has 0 amide bonds. The Kier molecular flexibility index (Phi) is 2.83. The molecular weight excluding hydrogens is 212 g/mol. The maximum Gasteiger partial charge on any atom is 0.164 e. The van der Waals surface area contributed by atoms with E-state index in [9.17, 15) is 10.2 Å². The Labute approximate surface area is 92.0 Å². The van der Waals surface area contributed by atoms with Crippen molar-refractivity contribution in [1.29, 1.82) is 0 Å². The molecular formula is C10H12N2O2S. The first-order valence-electron chi connectivity index (χ1n) is 4.64. The monoisotopic (exact) mass is 224 g/mol. The van der Waals surface area contributed by atoms with Gasteiger partial charge in [0.1, 0.15) is 5.75 Å². The molecule has 0 spiro atoms. The first-order chi connectivity index (χ1) is 7.15. The number of phenolic OH excluding ortho intramolecular Hbond substituents is 1. The van der Waals surface area contributed by atoms with Gasteiger partial charge in [-0.2, -0.15) is 0 Å². The third-order valence-electron chi connectivity index (χ3n) is 2.06. The number of amidine groups is 1. The van der Waals surface area contributed by atoms with Crippen molar-refractivity contribution in [2.75, 3.05) is 5.32 Å². The van der Waals surface area contributed by atoms with E-state index in [4.69, 9.17) is 0 Å². The Bertz CT molecular complexity index is 395. The fraction of sp³-hybridized carbons (Fsp3) is 0.300. The van der Waals surface area contributed by atoms with Crippen LogP contribution < -0.4 is 5.32 Å². The topological polar surface area (TPSA) is 64.8 Å². The highest BCUT2D eigenvalue weighted by atomic mass is 32.2. The average Bonchev–Trinajstić information content (AvgIpc) is 2.45. The van der Waals surface area contributed by atoms with Crippen molar-refractivity contribution < 1.29 is 10.2 Å². The quantitative estimate of drug-likeness (QED) is 0.678. The van der Waals surface area contributed by atoms with Crippen molar-refractivity contribution >= 4 is 22.6 Å². The minimum Gasteiger partial charge on any atom is -0.508 e. The van der Waals surface area contributed by atoms with Gasteiger partial charge in [-0.3, -0.25) is 0 Å². The summed E-state index contributed by atoms with van der Waals surface area (Å²) in [6, 6.07) is 6.79. The number of thioether (sulfide) groups is 1. The molecule has 0 aromatic heterocycles. The van der Waals surface area contributed by atoms with Crippen LogP contribution in [0.2, 0.25) is 0 Å². The molecule has 0 saturated carbocycles. The van der Waals surface area contributed by atoms with E-state index in [1.54, 1.807) is 18.2 Å². The SMILES string of the molecule is CC1SC(Nc2cccc(O)c2)=NC1O. The molecule has 0 bridgehead atoms. The predicted molar refractivity (Wildman–Crippen MR) is 62.2 cm³/mol. The summed E-state index contributed by atoms with van der Waals surface area (Å²) >= 11 is 1.48. The van der Waals surface area contributed by atoms with Gasteiger partial charge < -0.3 is 15.5 Å². The van der Waals surface area contributed by atoms with E-state index in [0.717, 1.165) is 5.69 Å². The van der Waals surface area contributed by atoms with Crippen LogP contribution in [-0.2, 0) is 0 Å². The maximum absolute atomic E-state index is 9.40. The number of anilines is 1. The zero-order valence-corrected chi connectivity index (χ0v) is 9.03. The van der Waals surface area contributed by atoms with Crippen molar-refractivity contribution in [2.24, 2.45) is 4.99 Å². The van der Waals surface area contributed by atoms with Gasteiger partial charge in [-0.15, -0.1) is 0 Å². The van der Waals surface area contributed by atoms with Gasteiger partial charge in [0.15, 0.2) is 11.4 Å². The first-order valence-corrected chi connectivity index (χ1v) is 5.52. The summed E-state index contributed by atoms with van der Waals surface area (Å²) in [6.07, 6.45) is -0.644. The smallest absolute Gasteiger partial charge is 0.164 e. The second-order valence-electron chi connectivity index (χ2n) is 3.35. The van der Waals surface area contributed by atoms with Gasteiger partial charge in [-0.25, -0.2) is 4.99 Å². The molecule has 3 N–H and O–H groups in total. The Morgan fingerprint density at radius 3 is 2.87 bits per heavy atom. The van der Waals surface area contributed by atoms with Crippen LogP contribution in [0.15, 0.2) is 29.3 Å². The molecule has 4 nitrogen and oxygen atoms in total. The molecule has 1 heterocycles. The van der Waals surface area contributed by atoms with Crippen molar-refractivity contribution in [3.63, 3.8) is 0 Å². The molecule has 2 unspecified atom stereocenters. The zero-order chi connectivity index (χ0) is 10.8. The van der Waals surface area contributed by atoms with Crippen LogP contribution in [0.25, 0.3) is 0 Å². The van der Waals surface area contributed by atoms with Gasteiger partial charge in [0, 0.05) is 11.8 Å². The highest BCUT2D eigenvalue weighted by molar-refractivity contribution is 8.15. The lowest BCUT2D eigenvalue weighted by molar-refractivity contribution is 0.189. The Morgan fingerprint density at radius 1 is 1.47 bits per heavy atom. The van der Waals surface area contributed by atoms with E-state index in [1.807, 2.05) is 13.0 Å². The Balaban J connectivity index is 2.07. The third-order valence-corrected chi connectivity index (χ3v) is 3.11. The first kappa shape index (κ1) is 10.3. The number of aromatic hydroxyl groups is 1. The lowest BCUT2D eigenvalue weighted by atomic mass is 10.3. The highest BCUT2D eigenvalue weighted by Gasteiger charge is 2.24. The number of aliphatic imine (C=N–C) groups is 1. The van der Waals surface area contributed by atoms with Crippen LogP contribution in [0.4, 0.5) is 5.69 Å². The molecule has 80 valence electrons. The van der Waals surface area contributed by atoms with E-state index in [0.29, 0.717) is 5.17 Å². The van der Waals surface area contributed by atoms with Crippen LogP contribution in [-0.4, -0.2) is 26.9 Å². The number of phenols is 1. The summed E-state index contributed by atoms with van der Waals surface area (Å²) in [7, 11) is 0. The summed E-state index contributed by atoms with van der Waals surface area (Å²) in [4.78, 5) is 4.04. The van der Waals surface area contributed by atoms with Crippen LogP contribution in [0.1, 0.15) is 6.92 Å². The average molecular weight is 224 g/mol. The van der Waals surface area contributed by atoms with Crippen LogP contribution in [0.5, 0.6) is 5.75 Å². The number of hydrogen-bond donors (Lipinski definition) is 3. The van der Waals surface area contributed by atoms with Crippen LogP contribution in [0, 0.1) is 0 Å². The lowest BCUT2D eigenvalue weighted by Crippen LogP contribution is -2.11. The van der Waals surface area contributed by atoms with Crippen molar-refractivity contribution in [3.8, 4) is 5.75 Å².